The van der Waals surface area contributed by atoms with Crippen molar-refractivity contribution in [2.75, 3.05) is 18.5 Å². The van der Waals surface area contributed by atoms with Gasteiger partial charge < -0.3 is 15.4 Å². The minimum Gasteiger partial charge on any atom is -0.492 e. The molecule has 0 radical (unpaired) electrons. The van der Waals surface area contributed by atoms with E-state index in [0.717, 1.165) is 17.4 Å². The van der Waals surface area contributed by atoms with E-state index in [4.69, 9.17) is 4.74 Å². The van der Waals surface area contributed by atoms with E-state index in [2.05, 4.69) is 40.7 Å². The van der Waals surface area contributed by atoms with Gasteiger partial charge in [-0.1, -0.05) is 35.9 Å². The van der Waals surface area contributed by atoms with Gasteiger partial charge >= 0.3 is 0 Å². The molecule has 0 amide bonds. The smallest absolute Gasteiger partial charge is 0.196 e. The molecule has 0 bridgehead atoms. The summed E-state index contributed by atoms with van der Waals surface area (Å²) in [4.78, 5) is 4.50. The van der Waals surface area contributed by atoms with Gasteiger partial charge in [0.25, 0.3) is 0 Å². The first-order chi connectivity index (χ1) is 10.3. The van der Waals surface area contributed by atoms with Crippen LogP contribution < -0.4 is 15.4 Å². The summed E-state index contributed by atoms with van der Waals surface area (Å²) in [6, 6.07) is 16.2. The van der Waals surface area contributed by atoms with Crippen molar-refractivity contribution in [1.82, 2.24) is 5.32 Å². The number of guanidine groups is 1. The van der Waals surface area contributed by atoms with Gasteiger partial charge in [0.05, 0.1) is 13.1 Å². The number of para-hydroxylation sites is 1. The molecule has 0 unspecified atom stereocenters. The van der Waals surface area contributed by atoms with E-state index >= 15 is 0 Å². The molecular formula is C17H19N3O. The second-order valence-corrected chi connectivity index (χ2v) is 5.04. The number of hydrogen-bond donors (Lipinski definition) is 2. The molecule has 2 aromatic rings. The molecule has 4 heteroatoms. The lowest BCUT2D eigenvalue weighted by molar-refractivity contribution is 0.322. The normalized spacial score (nSPS) is 12.9. The van der Waals surface area contributed by atoms with Crippen molar-refractivity contribution in [3.05, 3.63) is 59.7 Å². The zero-order valence-corrected chi connectivity index (χ0v) is 12.1. The Balaban J connectivity index is 1.47. The second kappa shape index (κ2) is 6.31. The Bertz CT molecular complexity index is 638. The van der Waals surface area contributed by atoms with Gasteiger partial charge in [-0.15, -0.1) is 0 Å². The van der Waals surface area contributed by atoms with Gasteiger partial charge in [0.15, 0.2) is 5.96 Å². The monoisotopic (exact) mass is 281 g/mol. The van der Waals surface area contributed by atoms with E-state index in [9.17, 15) is 0 Å². The number of rotatable bonds is 4. The van der Waals surface area contributed by atoms with Crippen LogP contribution in [0.2, 0.25) is 0 Å². The van der Waals surface area contributed by atoms with Crippen LogP contribution >= 0.6 is 0 Å². The van der Waals surface area contributed by atoms with E-state index in [1.165, 1.54) is 11.1 Å². The standard InChI is InChI=1S/C17H19N3O/c1-13-7-8-16-14(11-13)12-19-17(20-16)18-9-10-21-15-5-3-2-4-6-15/h2-8,11H,9-10,12H2,1H3,(H2,18,19,20). The van der Waals surface area contributed by atoms with E-state index in [0.29, 0.717) is 19.7 Å². The van der Waals surface area contributed by atoms with Crippen molar-refractivity contribution in [3.63, 3.8) is 0 Å². The maximum atomic E-state index is 5.64. The van der Waals surface area contributed by atoms with Crippen molar-refractivity contribution in [3.8, 4) is 5.75 Å². The third kappa shape index (κ3) is 3.54. The Morgan fingerprint density at radius 2 is 2.05 bits per heavy atom. The zero-order chi connectivity index (χ0) is 14.5. The van der Waals surface area contributed by atoms with Crippen molar-refractivity contribution in [1.29, 1.82) is 0 Å². The molecule has 0 spiro atoms. The summed E-state index contributed by atoms with van der Waals surface area (Å²) in [7, 11) is 0. The van der Waals surface area contributed by atoms with E-state index in [-0.39, 0.29) is 0 Å². The molecule has 0 aliphatic carbocycles. The summed E-state index contributed by atoms with van der Waals surface area (Å²) < 4.78 is 5.64. The molecule has 21 heavy (non-hydrogen) atoms. The molecule has 1 aliphatic rings. The van der Waals surface area contributed by atoms with E-state index in [1.54, 1.807) is 0 Å². The van der Waals surface area contributed by atoms with Crippen molar-refractivity contribution >= 4 is 11.6 Å². The zero-order valence-electron chi connectivity index (χ0n) is 12.1. The summed E-state index contributed by atoms with van der Waals surface area (Å²) in [5, 5.41) is 6.57. The molecule has 0 atom stereocenters. The number of fused-ring (bicyclic) bond motifs is 1. The summed E-state index contributed by atoms with van der Waals surface area (Å²) in [6.07, 6.45) is 0. The highest BCUT2D eigenvalue weighted by Gasteiger charge is 2.10. The molecule has 0 saturated heterocycles. The Morgan fingerprint density at radius 1 is 1.19 bits per heavy atom. The summed E-state index contributed by atoms with van der Waals surface area (Å²) in [6.45, 7) is 4.12. The molecule has 0 aromatic heterocycles. The van der Waals surface area contributed by atoms with E-state index in [1.807, 2.05) is 30.3 Å². The van der Waals surface area contributed by atoms with Gasteiger partial charge in [0.1, 0.15) is 12.4 Å². The number of benzene rings is 2. The highest BCUT2D eigenvalue weighted by atomic mass is 16.5. The first-order valence-electron chi connectivity index (χ1n) is 7.14. The van der Waals surface area contributed by atoms with Crippen molar-refractivity contribution < 1.29 is 4.74 Å². The summed E-state index contributed by atoms with van der Waals surface area (Å²) in [5.74, 6) is 1.70. The van der Waals surface area contributed by atoms with Crippen molar-refractivity contribution in [2.45, 2.75) is 13.5 Å². The van der Waals surface area contributed by atoms with Crippen LogP contribution in [0.3, 0.4) is 0 Å². The van der Waals surface area contributed by atoms with Gasteiger partial charge in [-0.25, -0.2) is 4.99 Å². The van der Waals surface area contributed by atoms with Crippen LogP contribution in [0, 0.1) is 6.92 Å². The Kier molecular flexibility index (Phi) is 4.05. The number of anilines is 1. The van der Waals surface area contributed by atoms with Crippen molar-refractivity contribution in [2.24, 2.45) is 4.99 Å². The molecule has 0 saturated carbocycles. The predicted molar refractivity (Wildman–Crippen MR) is 85.9 cm³/mol. The third-order valence-corrected chi connectivity index (χ3v) is 3.33. The number of hydrogen-bond acceptors (Lipinski definition) is 4. The summed E-state index contributed by atoms with van der Waals surface area (Å²) >= 11 is 0. The Hall–Kier alpha value is -2.49. The molecule has 2 N–H and O–H groups in total. The molecule has 108 valence electrons. The third-order valence-electron chi connectivity index (χ3n) is 3.33. The highest BCUT2D eigenvalue weighted by molar-refractivity contribution is 5.95. The van der Waals surface area contributed by atoms with Crippen LogP contribution in [0.25, 0.3) is 0 Å². The molecule has 3 rings (SSSR count). The van der Waals surface area contributed by atoms with Gasteiger partial charge in [0, 0.05) is 5.69 Å². The van der Waals surface area contributed by atoms with E-state index < -0.39 is 0 Å². The molecule has 1 aliphatic heterocycles. The molecule has 0 fully saturated rings. The second-order valence-electron chi connectivity index (χ2n) is 5.04. The Morgan fingerprint density at radius 3 is 2.90 bits per heavy atom. The molecule has 4 nitrogen and oxygen atoms in total. The first-order valence-corrected chi connectivity index (χ1v) is 7.14. The largest absolute Gasteiger partial charge is 0.492 e. The van der Waals surface area contributed by atoms with Crippen LogP contribution in [-0.2, 0) is 6.54 Å². The fourth-order valence-electron chi connectivity index (χ4n) is 2.26. The lowest BCUT2D eigenvalue weighted by Crippen LogP contribution is -2.35. The SMILES string of the molecule is Cc1ccc2c(c1)CN=C(NCCOc1ccccc1)N2. The summed E-state index contributed by atoms with van der Waals surface area (Å²) in [5.41, 5.74) is 3.63. The lowest BCUT2D eigenvalue weighted by atomic mass is 10.1. The first kappa shape index (κ1) is 13.5. The van der Waals surface area contributed by atoms with Crippen LogP contribution in [0.5, 0.6) is 5.75 Å². The van der Waals surface area contributed by atoms with Gasteiger partial charge in [0.2, 0.25) is 0 Å². The highest BCUT2D eigenvalue weighted by Crippen LogP contribution is 2.21. The lowest BCUT2D eigenvalue weighted by Gasteiger charge is -2.19. The predicted octanol–water partition coefficient (Wildman–Crippen LogP) is 2.95. The number of aryl methyl sites for hydroxylation is 1. The number of nitrogens with zero attached hydrogens (tertiary/aromatic N) is 1. The maximum absolute atomic E-state index is 5.64. The maximum Gasteiger partial charge on any atom is 0.196 e. The fourth-order valence-corrected chi connectivity index (χ4v) is 2.26. The average molecular weight is 281 g/mol. The Labute approximate surface area is 124 Å². The molecular weight excluding hydrogens is 262 g/mol. The number of ether oxygens (including phenoxy) is 1. The minimum atomic E-state index is 0.603. The topological polar surface area (TPSA) is 45.7 Å². The van der Waals surface area contributed by atoms with Gasteiger partial charge in [-0.2, -0.15) is 0 Å². The quantitative estimate of drug-likeness (QED) is 0.847. The average Bonchev–Trinajstić information content (AvgIpc) is 2.52. The fraction of sp³-hybridized carbons (Fsp3) is 0.235. The van der Waals surface area contributed by atoms with Gasteiger partial charge in [-0.3, -0.25) is 0 Å². The molecule has 2 aromatic carbocycles. The number of nitrogens with one attached hydrogen (secondary N) is 2. The minimum absolute atomic E-state index is 0.603. The number of aliphatic imine (C=N–C) groups is 1. The molecule has 1 heterocycles. The van der Waals surface area contributed by atoms with Gasteiger partial charge in [-0.05, 0) is 30.7 Å². The van der Waals surface area contributed by atoms with Crippen LogP contribution in [0.1, 0.15) is 11.1 Å². The van der Waals surface area contributed by atoms with Crippen LogP contribution in [0.15, 0.2) is 53.5 Å². The van der Waals surface area contributed by atoms with Crippen LogP contribution in [0.4, 0.5) is 5.69 Å². The van der Waals surface area contributed by atoms with Crippen LogP contribution in [-0.4, -0.2) is 19.1 Å².